The van der Waals surface area contributed by atoms with Crippen molar-refractivity contribution in [1.29, 1.82) is 0 Å². The molecule has 0 bridgehead atoms. The minimum absolute atomic E-state index is 0. The zero-order chi connectivity index (χ0) is 29.1. The molecular formula is C32H48BF4P2RhS. The van der Waals surface area contributed by atoms with E-state index in [1.165, 1.54) is 77.0 Å². The van der Waals surface area contributed by atoms with Crippen molar-refractivity contribution >= 4 is 54.4 Å². The van der Waals surface area contributed by atoms with Gasteiger partial charge in [0.1, 0.15) is 0 Å². The Morgan fingerprint density at radius 1 is 0.659 bits per heavy atom. The van der Waals surface area contributed by atoms with Crippen LogP contribution in [0.25, 0.3) is 10.1 Å². The van der Waals surface area contributed by atoms with Crippen LogP contribution in [0, 0.1) is 0 Å². The van der Waals surface area contributed by atoms with Crippen molar-refractivity contribution in [1.82, 2.24) is 0 Å². The standard InChI is InChI=1S/C24H36P2S.C8H12.BF4.Rh/c1-5-17-13-14-18(6-2)25(17)23-21-11-9-10-12-22(21)27-24(23)26-19(7-3)15-16-20(26)8-4;1-2-4-6-8-7-5-3-1;2-1(3,4)5;/h9-12,17-20H,5-8,13-16H2,1-4H3;1-2,7-8H,3-6H2;;/q;;-1;+1/b;2-1-,8-7-;;/t17-,18-,19-,20-;;;/m0.../s1. The molecule has 3 heterocycles. The first-order chi connectivity index (χ1) is 19.2. The predicted molar refractivity (Wildman–Crippen MR) is 177 cm³/mol. The SMILES string of the molecule is C1=C\CC/C=C\CC/1.CC[C@H]1CC[C@H](CC)P1c1sc2ccccc2c1P1[C@@H](CC)CC[C@@H]1CC.F[B-](F)(F)F.[Rh+]. The first-order valence-electron chi connectivity index (χ1n) is 15.5. The molecule has 0 spiro atoms. The van der Waals surface area contributed by atoms with Gasteiger partial charge < -0.3 is 17.3 Å². The molecule has 0 radical (unpaired) electrons. The Bertz CT molecular complexity index is 1030. The normalized spacial score (nSPS) is 26.6. The van der Waals surface area contributed by atoms with Crippen LogP contribution < -0.4 is 9.92 Å². The molecule has 1 aromatic heterocycles. The Labute approximate surface area is 266 Å². The summed E-state index contributed by atoms with van der Waals surface area (Å²) in [4.78, 5) is 0. The Morgan fingerprint density at radius 2 is 1.02 bits per heavy atom. The van der Waals surface area contributed by atoms with Crippen molar-refractivity contribution < 1.29 is 36.7 Å². The molecule has 2 fully saturated rings. The van der Waals surface area contributed by atoms with Crippen LogP contribution in [0.2, 0.25) is 0 Å². The Balaban J connectivity index is 0.000000349. The van der Waals surface area contributed by atoms with Crippen LogP contribution in [0.5, 0.6) is 0 Å². The first kappa shape index (κ1) is 37.1. The summed E-state index contributed by atoms with van der Waals surface area (Å²) in [6, 6.07) is 9.44. The number of hydrogen-bond acceptors (Lipinski definition) is 1. The molecule has 2 aromatic rings. The predicted octanol–water partition coefficient (Wildman–Crippen LogP) is 11.8. The number of fused-ring (bicyclic) bond motifs is 1. The van der Waals surface area contributed by atoms with E-state index in [1.807, 2.05) is 9.92 Å². The molecule has 3 aliphatic rings. The molecule has 2 saturated heterocycles. The number of rotatable bonds is 6. The summed E-state index contributed by atoms with van der Waals surface area (Å²) in [6.07, 6.45) is 25.5. The molecule has 9 heteroatoms. The van der Waals surface area contributed by atoms with Crippen LogP contribution >= 0.6 is 27.2 Å². The number of allylic oxidation sites excluding steroid dienone is 4. The van der Waals surface area contributed by atoms with Gasteiger partial charge in [-0.05, 0) is 106 Å². The summed E-state index contributed by atoms with van der Waals surface area (Å²) >= 11 is 2.22. The third-order valence-electron chi connectivity index (χ3n) is 8.50. The second-order valence-electron chi connectivity index (χ2n) is 11.1. The molecule has 0 N–H and O–H groups in total. The molecule has 2 aliphatic heterocycles. The van der Waals surface area contributed by atoms with E-state index in [2.05, 4.69) is 87.6 Å². The van der Waals surface area contributed by atoms with Gasteiger partial charge in [0.25, 0.3) is 0 Å². The summed E-state index contributed by atoms with van der Waals surface area (Å²) in [6.45, 7) is 9.82. The van der Waals surface area contributed by atoms with Gasteiger partial charge in [-0.25, -0.2) is 0 Å². The molecule has 0 nitrogen and oxygen atoms in total. The molecule has 1 aromatic carbocycles. The number of benzene rings is 1. The second kappa shape index (κ2) is 18.7. The van der Waals surface area contributed by atoms with Crippen molar-refractivity contribution in [3.8, 4) is 0 Å². The Kier molecular flexibility index (Phi) is 16.9. The molecule has 232 valence electrons. The largest absolute Gasteiger partial charge is 1.00 e. The third-order valence-corrected chi connectivity index (χ3v) is 18.0. The quantitative estimate of drug-likeness (QED) is 0.121. The maximum atomic E-state index is 9.75. The van der Waals surface area contributed by atoms with Gasteiger partial charge in [-0.1, -0.05) is 86.0 Å². The molecule has 0 saturated carbocycles. The van der Waals surface area contributed by atoms with Crippen molar-refractivity contribution in [3.63, 3.8) is 0 Å². The summed E-state index contributed by atoms with van der Waals surface area (Å²) in [5.41, 5.74) is 3.91. The van der Waals surface area contributed by atoms with Crippen molar-refractivity contribution in [3.05, 3.63) is 48.6 Å². The number of halogens is 4. The molecule has 0 unspecified atom stereocenters. The fourth-order valence-corrected chi connectivity index (χ4v) is 17.1. The van der Waals surface area contributed by atoms with E-state index in [4.69, 9.17) is 0 Å². The second-order valence-corrected chi connectivity index (χ2v) is 17.9. The number of hydrogen-bond donors (Lipinski definition) is 0. The van der Waals surface area contributed by atoms with Gasteiger partial charge in [0, 0.05) is 20.0 Å². The summed E-state index contributed by atoms with van der Waals surface area (Å²) in [7, 11) is -5.95. The van der Waals surface area contributed by atoms with Crippen molar-refractivity contribution in [2.75, 3.05) is 0 Å². The van der Waals surface area contributed by atoms with E-state index in [9.17, 15) is 17.3 Å². The first-order valence-corrected chi connectivity index (χ1v) is 19.3. The number of thiophene rings is 1. The van der Waals surface area contributed by atoms with Crippen molar-refractivity contribution in [2.24, 2.45) is 0 Å². The molecule has 0 amide bonds. The maximum absolute atomic E-state index is 9.75. The van der Waals surface area contributed by atoms with Crippen LogP contribution in [-0.4, -0.2) is 29.9 Å². The topological polar surface area (TPSA) is 0 Å². The smallest absolute Gasteiger partial charge is 0.418 e. The van der Waals surface area contributed by atoms with Gasteiger partial charge >= 0.3 is 26.7 Å². The van der Waals surface area contributed by atoms with E-state index in [0.29, 0.717) is 0 Å². The maximum Gasteiger partial charge on any atom is 1.00 e. The van der Waals surface area contributed by atoms with Crippen LogP contribution in [0.4, 0.5) is 17.3 Å². The zero-order valence-electron chi connectivity index (χ0n) is 25.1. The molecule has 1 aliphatic carbocycles. The van der Waals surface area contributed by atoms with Gasteiger partial charge in [0.15, 0.2) is 0 Å². The van der Waals surface area contributed by atoms with Gasteiger partial charge in [-0.2, -0.15) is 0 Å². The van der Waals surface area contributed by atoms with E-state index in [1.54, 1.807) is 10.1 Å². The third kappa shape index (κ3) is 10.8. The van der Waals surface area contributed by atoms with E-state index < -0.39 is 7.25 Å². The van der Waals surface area contributed by atoms with Crippen molar-refractivity contribution in [2.45, 2.75) is 127 Å². The summed E-state index contributed by atoms with van der Waals surface area (Å²) in [5.74, 6) is 0. The van der Waals surface area contributed by atoms with E-state index in [-0.39, 0.29) is 35.3 Å². The van der Waals surface area contributed by atoms with Gasteiger partial charge in [0.2, 0.25) is 0 Å². The monoisotopic (exact) mass is 716 g/mol. The minimum atomic E-state index is -6.00. The average molecular weight is 716 g/mol. The van der Waals surface area contributed by atoms with Crippen LogP contribution in [0.1, 0.15) is 105 Å². The van der Waals surface area contributed by atoms with Gasteiger partial charge in [-0.15, -0.1) is 11.3 Å². The molecule has 41 heavy (non-hydrogen) atoms. The summed E-state index contributed by atoms with van der Waals surface area (Å²) in [5, 5.41) is 3.56. The fourth-order valence-electron chi connectivity index (χ4n) is 6.52. The van der Waals surface area contributed by atoms with Crippen LogP contribution in [0.3, 0.4) is 0 Å². The average Bonchev–Trinajstić information content (AvgIpc) is 3.60. The van der Waals surface area contributed by atoms with E-state index >= 15 is 0 Å². The van der Waals surface area contributed by atoms with E-state index in [0.717, 1.165) is 22.6 Å². The molecule has 4 atom stereocenters. The van der Waals surface area contributed by atoms with Crippen LogP contribution in [-0.2, 0) is 19.5 Å². The molecule has 5 rings (SSSR count). The summed E-state index contributed by atoms with van der Waals surface area (Å²) < 4.78 is 42.5. The van der Waals surface area contributed by atoms with Gasteiger partial charge in [0.05, 0.1) is 0 Å². The molecular weight excluding hydrogens is 668 g/mol. The Morgan fingerprint density at radius 3 is 1.41 bits per heavy atom. The minimum Gasteiger partial charge on any atom is -0.418 e. The fraction of sp³-hybridized carbons (Fsp3) is 0.625. The zero-order valence-corrected chi connectivity index (χ0v) is 29.4. The van der Waals surface area contributed by atoms with Crippen LogP contribution in [0.15, 0.2) is 48.6 Å². The van der Waals surface area contributed by atoms with Gasteiger partial charge in [-0.3, -0.25) is 0 Å². The Hall–Kier alpha value is -0.0717.